The zero-order valence-corrected chi connectivity index (χ0v) is 17.6. The van der Waals surface area contributed by atoms with E-state index in [0.717, 1.165) is 24.0 Å². The Morgan fingerprint density at radius 1 is 1.18 bits per heavy atom. The molecule has 1 N–H and O–H groups in total. The second-order valence-corrected chi connectivity index (χ2v) is 8.68. The molecule has 1 aromatic rings. The Kier molecular flexibility index (Phi) is 6.24. The van der Waals surface area contributed by atoms with Crippen LogP contribution in [0, 0.1) is 15.5 Å². The summed E-state index contributed by atoms with van der Waals surface area (Å²) < 4.78 is 0. The molecule has 0 amide bonds. The first-order chi connectivity index (χ1) is 13.0. The molecule has 2 unspecified atom stereocenters. The fraction of sp³-hybridized carbons (Fsp3) is 0.545. The minimum Gasteiger partial charge on any atom is -0.325 e. The molecule has 0 saturated carbocycles. The number of nitro groups is 1. The van der Waals surface area contributed by atoms with Gasteiger partial charge in [0.25, 0.3) is 0 Å². The molecule has 0 spiro atoms. The summed E-state index contributed by atoms with van der Waals surface area (Å²) in [5, 5.41) is 30.5. The molecule has 1 aliphatic carbocycles. The summed E-state index contributed by atoms with van der Waals surface area (Å²) in [5.41, 5.74) is 0.182. The first kappa shape index (κ1) is 22.0. The van der Waals surface area contributed by atoms with Gasteiger partial charge in [-0.15, -0.1) is 0 Å². The van der Waals surface area contributed by atoms with Crippen LogP contribution in [0.25, 0.3) is 0 Å². The van der Waals surface area contributed by atoms with E-state index in [1.807, 2.05) is 24.3 Å². The van der Waals surface area contributed by atoms with Gasteiger partial charge < -0.3 is 5.11 Å². The summed E-state index contributed by atoms with van der Waals surface area (Å²) >= 11 is 0. The van der Waals surface area contributed by atoms with Crippen molar-refractivity contribution in [3.8, 4) is 0 Å². The number of nitrogens with zero attached hydrogens (tertiary/aromatic N) is 3. The molecule has 0 saturated heterocycles. The summed E-state index contributed by atoms with van der Waals surface area (Å²) in [5.74, 6) is 0. The quantitative estimate of drug-likeness (QED) is 0.281. The van der Waals surface area contributed by atoms with Gasteiger partial charge in [0.1, 0.15) is 0 Å². The Labute approximate surface area is 167 Å². The van der Waals surface area contributed by atoms with Gasteiger partial charge in [-0.3, -0.25) is 10.1 Å². The van der Waals surface area contributed by atoms with Gasteiger partial charge >= 0.3 is 5.72 Å². The molecule has 6 heteroatoms. The van der Waals surface area contributed by atoms with Crippen molar-refractivity contribution in [3.63, 3.8) is 0 Å². The summed E-state index contributed by atoms with van der Waals surface area (Å²) in [7, 11) is 0. The van der Waals surface area contributed by atoms with Crippen LogP contribution in [0.2, 0.25) is 0 Å². The average molecular weight is 386 g/mol. The summed E-state index contributed by atoms with van der Waals surface area (Å²) in [4.78, 5) is 10.8. The predicted molar refractivity (Wildman–Crippen MR) is 111 cm³/mol. The fourth-order valence-electron chi connectivity index (χ4n) is 2.92. The highest BCUT2D eigenvalue weighted by molar-refractivity contribution is 5.42. The van der Waals surface area contributed by atoms with Crippen LogP contribution in [0.5, 0.6) is 0 Å². The number of allylic oxidation sites excluding steroid dienone is 2. The largest absolute Gasteiger partial charge is 0.370 e. The van der Waals surface area contributed by atoms with Gasteiger partial charge in [0.05, 0.1) is 10.6 Å². The highest BCUT2D eigenvalue weighted by atomic mass is 16.7. The van der Waals surface area contributed by atoms with Crippen LogP contribution in [0.15, 0.2) is 58.3 Å². The number of aliphatic hydroxyl groups is 1. The molecule has 0 bridgehead atoms. The summed E-state index contributed by atoms with van der Waals surface area (Å²) in [6, 6.07) is 6.61. The molecule has 0 radical (unpaired) electrons. The molecule has 2 rings (SSSR count). The van der Waals surface area contributed by atoms with Gasteiger partial charge in [0, 0.05) is 6.08 Å². The van der Waals surface area contributed by atoms with Crippen molar-refractivity contribution in [1.29, 1.82) is 0 Å². The van der Waals surface area contributed by atoms with Crippen molar-refractivity contribution in [1.82, 2.24) is 0 Å². The van der Waals surface area contributed by atoms with Crippen LogP contribution in [0.4, 0.5) is 5.69 Å². The molecule has 0 heterocycles. The Morgan fingerprint density at radius 2 is 1.82 bits per heavy atom. The van der Waals surface area contributed by atoms with E-state index in [4.69, 9.17) is 0 Å². The van der Waals surface area contributed by atoms with Crippen molar-refractivity contribution < 1.29 is 10.0 Å². The minimum atomic E-state index is -2.29. The van der Waals surface area contributed by atoms with Crippen LogP contribution < -0.4 is 0 Å². The Balaban J connectivity index is 2.41. The summed E-state index contributed by atoms with van der Waals surface area (Å²) in [6.45, 7) is 12.6. The van der Waals surface area contributed by atoms with Gasteiger partial charge in [-0.2, -0.15) is 10.2 Å². The number of benzene rings is 1. The number of azo groups is 1. The molecule has 28 heavy (non-hydrogen) atoms. The highest BCUT2D eigenvalue weighted by Gasteiger charge is 2.49. The van der Waals surface area contributed by atoms with E-state index in [0.29, 0.717) is 5.69 Å². The molecular weight excluding hydrogens is 354 g/mol. The molecular formula is C22H31N3O3. The van der Waals surface area contributed by atoms with Gasteiger partial charge in [0.2, 0.25) is 0 Å². The van der Waals surface area contributed by atoms with Crippen molar-refractivity contribution in [2.75, 3.05) is 0 Å². The maximum Gasteiger partial charge on any atom is 0.370 e. The van der Waals surface area contributed by atoms with Crippen molar-refractivity contribution in [2.45, 2.75) is 71.6 Å². The Hall–Kier alpha value is -2.34. The summed E-state index contributed by atoms with van der Waals surface area (Å²) in [6.07, 6.45) is 6.34. The van der Waals surface area contributed by atoms with Crippen LogP contribution in [0.1, 0.15) is 59.9 Å². The lowest BCUT2D eigenvalue weighted by Gasteiger charge is -2.30. The maximum absolute atomic E-state index is 11.5. The SMILES string of the molecule is CCC(C)(C)C1=CC(N=Nc2cccc(C(C)(C)CC)c2)C(O)([N+](=O)[O-])C=C1. The van der Waals surface area contributed by atoms with E-state index in [9.17, 15) is 15.2 Å². The van der Waals surface area contributed by atoms with Crippen LogP contribution in [-0.2, 0) is 5.41 Å². The first-order valence-electron chi connectivity index (χ1n) is 9.76. The van der Waals surface area contributed by atoms with Gasteiger partial charge in [-0.25, -0.2) is 0 Å². The van der Waals surface area contributed by atoms with E-state index in [1.54, 1.807) is 12.2 Å². The monoisotopic (exact) mass is 385 g/mol. The van der Waals surface area contributed by atoms with Gasteiger partial charge in [-0.1, -0.05) is 59.8 Å². The standard InChI is InChI=1S/C22H31N3O3/c1-7-20(3,4)16-10-9-11-18(14-16)23-24-19-15-17(21(5,6)8-2)12-13-22(19,26)25(27)28/h9-15,19,26H,7-8H2,1-6H3. The lowest BCUT2D eigenvalue weighted by atomic mass is 9.77. The average Bonchev–Trinajstić information content (AvgIpc) is 2.67. The first-order valence-corrected chi connectivity index (χ1v) is 9.76. The third-order valence-electron chi connectivity index (χ3n) is 6.05. The van der Waals surface area contributed by atoms with Crippen molar-refractivity contribution >= 4 is 5.69 Å². The second kappa shape index (κ2) is 7.95. The van der Waals surface area contributed by atoms with E-state index in [2.05, 4.69) is 51.8 Å². The van der Waals surface area contributed by atoms with Crippen molar-refractivity contribution in [3.05, 3.63) is 63.7 Å². The second-order valence-electron chi connectivity index (χ2n) is 8.68. The topological polar surface area (TPSA) is 88.1 Å². The van der Waals surface area contributed by atoms with E-state index >= 15 is 0 Å². The molecule has 0 fully saturated rings. The number of hydrogen-bond donors (Lipinski definition) is 1. The third-order valence-corrected chi connectivity index (χ3v) is 6.05. The van der Waals surface area contributed by atoms with E-state index in [1.165, 1.54) is 6.08 Å². The van der Waals surface area contributed by atoms with Crippen LogP contribution in [0.3, 0.4) is 0 Å². The van der Waals surface area contributed by atoms with Crippen LogP contribution >= 0.6 is 0 Å². The fourth-order valence-corrected chi connectivity index (χ4v) is 2.92. The Morgan fingerprint density at radius 3 is 2.39 bits per heavy atom. The molecule has 1 aliphatic rings. The molecule has 152 valence electrons. The zero-order valence-electron chi connectivity index (χ0n) is 17.6. The molecule has 1 aromatic carbocycles. The van der Waals surface area contributed by atoms with Crippen LogP contribution in [-0.4, -0.2) is 21.8 Å². The molecule has 6 nitrogen and oxygen atoms in total. The normalized spacial score (nSPS) is 23.1. The third kappa shape index (κ3) is 4.38. The lowest BCUT2D eigenvalue weighted by molar-refractivity contribution is -0.609. The van der Waals surface area contributed by atoms with Gasteiger partial charge in [-0.05, 0) is 53.0 Å². The van der Waals surface area contributed by atoms with E-state index in [-0.39, 0.29) is 10.8 Å². The van der Waals surface area contributed by atoms with Crippen molar-refractivity contribution in [2.24, 2.45) is 15.6 Å². The zero-order chi connectivity index (χ0) is 21.2. The molecule has 0 aliphatic heterocycles. The highest BCUT2D eigenvalue weighted by Crippen LogP contribution is 2.37. The van der Waals surface area contributed by atoms with E-state index < -0.39 is 16.7 Å². The number of rotatable bonds is 7. The lowest BCUT2D eigenvalue weighted by Crippen LogP contribution is -2.47. The smallest absolute Gasteiger partial charge is 0.325 e. The maximum atomic E-state index is 11.5. The Bertz CT molecular complexity index is 824. The molecule has 2 atom stereocenters. The predicted octanol–water partition coefficient (Wildman–Crippen LogP) is 5.72. The molecule has 0 aromatic heterocycles. The number of hydrogen-bond acceptors (Lipinski definition) is 5. The minimum absolute atomic E-state index is 0.00109. The van der Waals surface area contributed by atoms with Gasteiger partial charge in [0.15, 0.2) is 6.04 Å².